The second kappa shape index (κ2) is 8.05. The Hall–Kier alpha value is -1.81. The minimum atomic E-state index is -3.32. The van der Waals surface area contributed by atoms with Crippen molar-refractivity contribution in [2.75, 3.05) is 20.0 Å². The van der Waals surface area contributed by atoms with Crippen LogP contribution < -0.4 is 4.80 Å². The van der Waals surface area contributed by atoms with Gasteiger partial charge in [-0.2, -0.15) is 4.99 Å². The second-order valence-corrected chi connectivity index (χ2v) is 9.80. The van der Waals surface area contributed by atoms with Crippen LogP contribution in [0.2, 0.25) is 0 Å². The van der Waals surface area contributed by atoms with Crippen molar-refractivity contribution in [3.63, 3.8) is 0 Å². The predicted molar refractivity (Wildman–Crippen MR) is 109 cm³/mol. The van der Waals surface area contributed by atoms with Gasteiger partial charge < -0.3 is 9.30 Å². The van der Waals surface area contributed by atoms with Gasteiger partial charge in [0.05, 0.1) is 21.7 Å². The number of fused-ring (bicyclic) bond motifs is 1. The lowest BCUT2D eigenvalue weighted by Gasteiger charge is -2.05. The standard InChI is InChI=1S/C18H17BrN2O4S2/c1-25-9-8-21-15-7-6-14(27(2,23)24)11-16(15)26-18(21)20-17(22)12-4-3-5-13(19)10-12/h3-7,10-11H,8-9H2,1-2H3. The molecule has 0 atom stereocenters. The Kier molecular flexibility index (Phi) is 5.95. The van der Waals surface area contributed by atoms with Gasteiger partial charge in [0.1, 0.15) is 0 Å². The third kappa shape index (κ3) is 4.55. The summed E-state index contributed by atoms with van der Waals surface area (Å²) in [7, 11) is -1.72. The van der Waals surface area contributed by atoms with Crippen molar-refractivity contribution in [1.29, 1.82) is 0 Å². The highest BCUT2D eigenvalue weighted by Crippen LogP contribution is 2.22. The highest BCUT2D eigenvalue weighted by molar-refractivity contribution is 9.10. The number of hydrogen-bond acceptors (Lipinski definition) is 5. The molecule has 142 valence electrons. The van der Waals surface area contributed by atoms with E-state index in [2.05, 4.69) is 20.9 Å². The van der Waals surface area contributed by atoms with Gasteiger partial charge in [-0.1, -0.05) is 33.3 Å². The fraction of sp³-hybridized carbons (Fsp3) is 0.222. The molecule has 0 bridgehead atoms. The zero-order chi connectivity index (χ0) is 19.6. The first kappa shape index (κ1) is 19.9. The lowest BCUT2D eigenvalue weighted by atomic mass is 10.2. The summed E-state index contributed by atoms with van der Waals surface area (Å²) in [5.41, 5.74) is 1.28. The maximum atomic E-state index is 12.6. The third-order valence-corrected chi connectivity index (χ3v) is 6.51. The van der Waals surface area contributed by atoms with Gasteiger partial charge in [0.2, 0.25) is 0 Å². The molecule has 0 spiro atoms. The molecule has 3 aromatic rings. The minimum Gasteiger partial charge on any atom is -0.383 e. The smallest absolute Gasteiger partial charge is 0.279 e. The molecule has 0 radical (unpaired) electrons. The van der Waals surface area contributed by atoms with Crippen LogP contribution in [0, 0.1) is 0 Å². The van der Waals surface area contributed by atoms with E-state index in [-0.39, 0.29) is 10.8 Å². The van der Waals surface area contributed by atoms with Crippen LogP contribution in [0.3, 0.4) is 0 Å². The number of methoxy groups -OCH3 is 1. The predicted octanol–water partition coefficient (Wildman–Crippen LogP) is 3.26. The molecule has 1 amide bonds. The van der Waals surface area contributed by atoms with Crippen LogP contribution in [0.1, 0.15) is 10.4 Å². The maximum Gasteiger partial charge on any atom is 0.279 e. The van der Waals surface area contributed by atoms with Crippen LogP contribution in [0.25, 0.3) is 10.2 Å². The number of carbonyl (C=O) groups excluding carboxylic acids is 1. The van der Waals surface area contributed by atoms with Crippen molar-refractivity contribution in [3.05, 3.63) is 57.3 Å². The molecule has 0 fully saturated rings. The minimum absolute atomic E-state index is 0.236. The summed E-state index contributed by atoms with van der Waals surface area (Å²) >= 11 is 4.62. The molecule has 0 aliphatic heterocycles. The summed E-state index contributed by atoms with van der Waals surface area (Å²) < 4.78 is 32.2. The first-order chi connectivity index (χ1) is 12.8. The quantitative estimate of drug-likeness (QED) is 0.575. The Morgan fingerprint density at radius 3 is 2.70 bits per heavy atom. The Bertz CT molecular complexity index is 1180. The van der Waals surface area contributed by atoms with E-state index in [1.165, 1.54) is 17.6 Å². The molecule has 1 heterocycles. The highest BCUT2D eigenvalue weighted by Gasteiger charge is 2.13. The number of halogens is 1. The van der Waals surface area contributed by atoms with Gasteiger partial charge in [-0.05, 0) is 36.4 Å². The van der Waals surface area contributed by atoms with Gasteiger partial charge in [0, 0.05) is 29.9 Å². The highest BCUT2D eigenvalue weighted by atomic mass is 79.9. The SMILES string of the molecule is COCCn1c(=NC(=O)c2cccc(Br)c2)sc2cc(S(C)(=O)=O)ccc21. The lowest BCUT2D eigenvalue weighted by molar-refractivity contribution is 0.0997. The second-order valence-electron chi connectivity index (χ2n) is 5.86. The molecule has 0 unspecified atom stereocenters. The third-order valence-electron chi connectivity index (χ3n) is 3.87. The summed E-state index contributed by atoms with van der Waals surface area (Å²) in [6.45, 7) is 0.942. The number of sulfone groups is 1. The summed E-state index contributed by atoms with van der Waals surface area (Å²) in [6.07, 6.45) is 1.17. The van der Waals surface area contributed by atoms with E-state index >= 15 is 0 Å². The first-order valence-electron chi connectivity index (χ1n) is 7.96. The van der Waals surface area contributed by atoms with Crippen LogP contribution in [0.5, 0.6) is 0 Å². The molecule has 27 heavy (non-hydrogen) atoms. The number of benzene rings is 2. The summed E-state index contributed by atoms with van der Waals surface area (Å²) in [6, 6.07) is 11.9. The number of amides is 1. The van der Waals surface area contributed by atoms with Gasteiger partial charge in [0.25, 0.3) is 5.91 Å². The monoisotopic (exact) mass is 468 g/mol. The number of hydrogen-bond donors (Lipinski definition) is 0. The van der Waals surface area contributed by atoms with Crippen LogP contribution >= 0.6 is 27.3 Å². The van der Waals surface area contributed by atoms with E-state index in [4.69, 9.17) is 4.74 Å². The Morgan fingerprint density at radius 2 is 2.04 bits per heavy atom. The van der Waals surface area contributed by atoms with Gasteiger partial charge in [-0.25, -0.2) is 8.42 Å². The molecule has 0 N–H and O–H groups in total. The summed E-state index contributed by atoms with van der Waals surface area (Å²) in [5, 5.41) is 0. The number of aromatic nitrogens is 1. The Morgan fingerprint density at radius 1 is 1.26 bits per heavy atom. The van der Waals surface area contributed by atoms with E-state index in [0.29, 0.717) is 23.5 Å². The number of carbonyl (C=O) groups is 1. The van der Waals surface area contributed by atoms with Crippen LogP contribution in [-0.4, -0.2) is 38.9 Å². The Labute approximate surface area is 169 Å². The number of thiazole rings is 1. The Balaban J connectivity index is 2.16. The number of nitrogens with zero attached hydrogens (tertiary/aromatic N) is 2. The summed E-state index contributed by atoms with van der Waals surface area (Å²) in [4.78, 5) is 17.6. The van der Waals surface area contributed by atoms with Gasteiger partial charge in [-0.3, -0.25) is 4.79 Å². The topological polar surface area (TPSA) is 77.7 Å². The molecular formula is C18H17BrN2O4S2. The van der Waals surface area contributed by atoms with Crippen molar-refractivity contribution < 1.29 is 17.9 Å². The van der Waals surface area contributed by atoms with E-state index in [0.717, 1.165) is 14.7 Å². The van der Waals surface area contributed by atoms with Crippen molar-refractivity contribution >= 4 is 53.2 Å². The molecular weight excluding hydrogens is 452 g/mol. The zero-order valence-electron chi connectivity index (χ0n) is 14.7. The molecule has 0 aliphatic rings. The zero-order valence-corrected chi connectivity index (χ0v) is 17.9. The fourth-order valence-corrected chi connectivity index (χ4v) is 4.76. The van der Waals surface area contributed by atoms with E-state index in [9.17, 15) is 13.2 Å². The van der Waals surface area contributed by atoms with Gasteiger partial charge in [-0.15, -0.1) is 0 Å². The largest absolute Gasteiger partial charge is 0.383 e. The molecule has 1 aromatic heterocycles. The van der Waals surface area contributed by atoms with Gasteiger partial charge in [0.15, 0.2) is 14.6 Å². The molecule has 3 rings (SSSR count). The lowest BCUT2D eigenvalue weighted by Crippen LogP contribution is -2.19. The van der Waals surface area contributed by atoms with Crippen LogP contribution in [-0.2, 0) is 21.1 Å². The van der Waals surface area contributed by atoms with Crippen molar-refractivity contribution in [1.82, 2.24) is 4.57 Å². The van der Waals surface area contributed by atoms with Crippen LogP contribution in [0.4, 0.5) is 0 Å². The molecule has 0 saturated carbocycles. The first-order valence-corrected chi connectivity index (χ1v) is 11.5. The van der Waals surface area contributed by atoms with E-state index < -0.39 is 9.84 Å². The molecule has 0 saturated heterocycles. The fourth-order valence-electron chi connectivity index (χ4n) is 2.54. The molecule has 9 heteroatoms. The van der Waals surface area contributed by atoms with Gasteiger partial charge >= 0.3 is 0 Å². The van der Waals surface area contributed by atoms with E-state index in [1.54, 1.807) is 43.5 Å². The maximum absolute atomic E-state index is 12.6. The molecule has 2 aromatic carbocycles. The summed E-state index contributed by atoms with van der Waals surface area (Å²) in [5.74, 6) is -0.364. The average molecular weight is 469 g/mol. The van der Waals surface area contributed by atoms with Crippen molar-refractivity contribution in [2.45, 2.75) is 11.4 Å². The van der Waals surface area contributed by atoms with Crippen molar-refractivity contribution in [2.24, 2.45) is 4.99 Å². The normalized spacial score (nSPS) is 12.6. The average Bonchev–Trinajstić information content (AvgIpc) is 2.95. The van der Waals surface area contributed by atoms with Crippen molar-refractivity contribution in [3.8, 4) is 0 Å². The molecule has 0 aliphatic carbocycles. The van der Waals surface area contributed by atoms with E-state index in [1.807, 2.05) is 10.6 Å². The molecule has 6 nitrogen and oxygen atoms in total. The number of rotatable bonds is 5. The number of ether oxygens (including phenoxy) is 1. The van der Waals surface area contributed by atoms with Crippen LogP contribution in [0.15, 0.2) is 56.8 Å².